The summed E-state index contributed by atoms with van der Waals surface area (Å²) in [6, 6.07) is 2.89. The highest BCUT2D eigenvalue weighted by Crippen LogP contribution is 2.23. The van der Waals surface area contributed by atoms with E-state index in [0.717, 1.165) is 13.8 Å². The van der Waals surface area contributed by atoms with E-state index in [-0.39, 0.29) is 0 Å². The first-order chi connectivity index (χ1) is 10.6. The van der Waals surface area contributed by atoms with Crippen molar-refractivity contribution in [1.82, 2.24) is 0 Å². The Kier molecular flexibility index (Phi) is 6.43. The van der Waals surface area contributed by atoms with Gasteiger partial charge in [0, 0.05) is 0 Å². The van der Waals surface area contributed by atoms with Crippen LogP contribution in [0.25, 0.3) is 0 Å². The van der Waals surface area contributed by atoms with E-state index in [4.69, 9.17) is 19.6 Å². The van der Waals surface area contributed by atoms with Crippen molar-refractivity contribution in [3.05, 3.63) is 0 Å². The van der Waals surface area contributed by atoms with E-state index in [1.54, 1.807) is 0 Å². The van der Waals surface area contributed by atoms with Gasteiger partial charge in [0.05, 0.1) is 25.0 Å². The first-order valence-corrected chi connectivity index (χ1v) is 8.74. The maximum atomic E-state index is 11.2. The van der Waals surface area contributed by atoms with E-state index in [1.807, 2.05) is 0 Å². The molecule has 0 spiro atoms. The van der Waals surface area contributed by atoms with Crippen LogP contribution in [0.5, 0.6) is 0 Å². The fourth-order valence-electron chi connectivity index (χ4n) is 1.16. The average molecular weight is 380 g/mol. The SMILES string of the molecule is CC(C#N)(CC(=O)S(=O)(=O)O)N=NC(C)(C#N)CC(=O)S(=O)(=O)O. The standard InChI is InChI=1S/C10H12N4O8S2/c1-9(5-11,3-7(15)23(17,18)19)13-14-10(2,6-12)4-8(16)24(20,21)22/h3-4H2,1-2H3,(H,17,18,19)(H,20,21,22). The molecule has 0 aromatic rings. The van der Waals surface area contributed by atoms with Crippen molar-refractivity contribution in [2.75, 3.05) is 0 Å². The van der Waals surface area contributed by atoms with Gasteiger partial charge in [0.1, 0.15) is 0 Å². The quantitative estimate of drug-likeness (QED) is 0.449. The number of carbonyl (C=O) groups excluding carboxylic acids is 2. The minimum Gasteiger partial charge on any atom is -0.280 e. The molecule has 24 heavy (non-hydrogen) atoms. The van der Waals surface area contributed by atoms with Crippen LogP contribution in [-0.2, 0) is 29.8 Å². The second-order valence-electron chi connectivity index (χ2n) is 5.02. The highest BCUT2D eigenvalue weighted by atomic mass is 32.2. The Labute approximate surface area is 137 Å². The smallest absolute Gasteiger partial charge is 0.280 e. The van der Waals surface area contributed by atoms with Crippen LogP contribution in [0, 0.1) is 22.7 Å². The van der Waals surface area contributed by atoms with Crippen molar-refractivity contribution in [2.24, 2.45) is 10.2 Å². The van der Waals surface area contributed by atoms with Crippen molar-refractivity contribution in [3.63, 3.8) is 0 Å². The van der Waals surface area contributed by atoms with Gasteiger partial charge in [0.2, 0.25) is 0 Å². The molecule has 0 bridgehead atoms. The van der Waals surface area contributed by atoms with Gasteiger partial charge in [-0.3, -0.25) is 18.7 Å². The van der Waals surface area contributed by atoms with Gasteiger partial charge < -0.3 is 0 Å². The van der Waals surface area contributed by atoms with Gasteiger partial charge >= 0.3 is 20.2 Å². The number of nitriles is 2. The minimum absolute atomic E-state index is 0.960. The second-order valence-corrected chi connectivity index (χ2v) is 7.83. The number of azo groups is 1. The maximum absolute atomic E-state index is 11.2. The van der Waals surface area contributed by atoms with E-state index >= 15 is 0 Å². The Bertz CT molecular complexity index is 792. The molecule has 0 heterocycles. The van der Waals surface area contributed by atoms with Crippen LogP contribution in [0.3, 0.4) is 0 Å². The monoisotopic (exact) mass is 380 g/mol. The first-order valence-electron chi connectivity index (χ1n) is 5.86. The summed E-state index contributed by atoms with van der Waals surface area (Å²) in [5.74, 6) is 0. The van der Waals surface area contributed by atoms with Crippen molar-refractivity contribution >= 4 is 30.5 Å². The Morgan fingerprint density at radius 2 is 1.12 bits per heavy atom. The lowest BCUT2D eigenvalue weighted by Crippen LogP contribution is -2.31. The fraction of sp³-hybridized carbons (Fsp3) is 0.600. The first kappa shape index (κ1) is 21.7. The van der Waals surface area contributed by atoms with Crippen LogP contribution >= 0.6 is 0 Å². The number of carbonyl (C=O) groups is 2. The van der Waals surface area contributed by atoms with E-state index < -0.39 is 54.4 Å². The third kappa shape index (κ3) is 6.47. The third-order valence-electron chi connectivity index (χ3n) is 2.53. The molecule has 14 heteroatoms. The molecule has 0 saturated heterocycles. The van der Waals surface area contributed by atoms with E-state index in [2.05, 4.69) is 10.2 Å². The van der Waals surface area contributed by atoms with Crippen molar-refractivity contribution < 1.29 is 35.5 Å². The zero-order valence-electron chi connectivity index (χ0n) is 12.4. The summed E-state index contributed by atoms with van der Waals surface area (Å²) in [4.78, 5) is 22.4. The van der Waals surface area contributed by atoms with Crippen LogP contribution < -0.4 is 0 Å². The molecule has 0 saturated carbocycles. The van der Waals surface area contributed by atoms with E-state index in [0.29, 0.717) is 0 Å². The summed E-state index contributed by atoms with van der Waals surface area (Å²) >= 11 is 0. The molecule has 2 N–H and O–H groups in total. The maximum Gasteiger partial charge on any atom is 0.328 e. The van der Waals surface area contributed by atoms with Crippen LogP contribution in [0.4, 0.5) is 0 Å². The summed E-state index contributed by atoms with van der Waals surface area (Å²) in [5, 5.41) is 21.1. The van der Waals surface area contributed by atoms with E-state index in [1.165, 1.54) is 12.1 Å². The molecule has 0 amide bonds. The molecule has 0 aromatic heterocycles. The van der Waals surface area contributed by atoms with Gasteiger partial charge in [-0.1, -0.05) is 0 Å². The zero-order valence-corrected chi connectivity index (χ0v) is 14.0. The van der Waals surface area contributed by atoms with Crippen molar-refractivity contribution in [2.45, 2.75) is 37.8 Å². The normalized spacial score (nSPS) is 17.2. The van der Waals surface area contributed by atoms with Gasteiger partial charge in [-0.05, 0) is 13.8 Å². The highest BCUT2D eigenvalue weighted by molar-refractivity contribution is 8.01. The predicted molar refractivity (Wildman–Crippen MR) is 75.2 cm³/mol. The summed E-state index contributed by atoms with van der Waals surface area (Å²) in [5.41, 5.74) is -4.21. The van der Waals surface area contributed by atoms with Gasteiger partial charge in [-0.25, -0.2) is 0 Å². The molecule has 0 aliphatic heterocycles. The minimum atomic E-state index is -5.07. The number of rotatable bonds is 6. The van der Waals surface area contributed by atoms with Gasteiger partial charge in [-0.2, -0.15) is 37.6 Å². The summed E-state index contributed by atoms with van der Waals surface area (Å²) in [6.45, 7) is 1.92. The largest absolute Gasteiger partial charge is 0.328 e. The molecule has 0 aliphatic carbocycles. The molecular weight excluding hydrogens is 368 g/mol. The van der Waals surface area contributed by atoms with Crippen molar-refractivity contribution in [3.8, 4) is 12.1 Å². The van der Waals surface area contributed by atoms with Crippen LogP contribution in [0.1, 0.15) is 26.7 Å². The highest BCUT2D eigenvalue weighted by Gasteiger charge is 2.36. The fourth-order valence-corrected chi connectivity index (χ4v) is 2.09. The molecule has 2 atom stereocenters. The lowest BCUT2D eigenvalue weighted by atomic mass is 10.0. The third-order valence-corrected chi connectivity index (χ3v) is 3.97. The second kappa shape index (κ2) is 7.10. The Hall–Kier alpha value is -2.26. The van der Waals surface area contributed by atoms with Crippen LogP contribution in [0.15, 0.2) is 10.2 Å². The van der Waals surface area contributed by atoms with E-state index in [9.17, 15) is 26.4 Å². The molecule has 0 aromatic carbocycles. The molecule has 12 nitrogen and oxygen atoms in total. The molecule has 0 fully saturated rings. The lowest BCUT2D eigenvalue weighted by Gasteiger charge is -2.17. The zero-order chi connectivity index (χ0) is 19.4. The molecule has 132 valence electrons. The Morgan fingerprint density at radius 1 is 0.875 bits per heavy atom. The van der Waals surface area contributed by atoms with Crippen LogP contribution in [-0.4, -0.2) is 47.2 Å². The molecule has 0 rings (SSSR count). The Morgan fingerprint density at radius 3 is 1.29 bits per heavy atom. The summed E-state index contributed by atoms with van der Waals surface area (Å²) in [6.07, 6.45) is -2.20. The molecule has 0 aliphatic rings. The van der Waals surface area contributed by atoms with Gasteiger partial charge in [0.15, 0.2) is 11.1 Å². The number of hydrogen-bond acceptors (Lipinski definition) is 10. The summed E-state index contributed by atoms with van der Waals surface area (Å²) < 4.78 is 59.8. The lowest BCUT2D eigenvalue weighted by molar-refractivity contribution is -0.113. The van der Waals surface area contributed by atoms with Gasteiger partial charge in [-0.15, -0.1) is 0 Å². The number of hydrogen-bond donors (Lipinski definition) is 2. The molecule has 0 radical (unpaired) electrons. The van der Waals surface area contributed by atoms with Gasteiger partial charge in [0.25, 0.3) is 10.2 Å². The Balaban J connectivity index is 5.57. The molecular formula is C10H12N4O8S2. The number of nitrogens with zero attached hydrogens (tertiary/aromatic N) is 4. The predicted octanol–water partition coefficient (Wildman–Crippen LogP) is -0.388. The molecule has 2 unspecified atom stereocenters. The topological polar surface area (TPSA) is 215 Å². The summed E-state index contributed by atoms with van der Waals surface area (Å²) in [7, 11) is -10.1. The van der Waals surface area contributed by atoms with Crippen LogP contribution in [0.2, 0.25) is 0 Å². The van der Waals surface area contributed by atoms with Crippen molar-refractivity contribution in [1.29, 1.82) is 10.5 Å². The average Bonchev–Trinajstić information content (AvgIpc) is 2.43.